The molecular weight excluding hydrogens is 386 g/mol. The minimum absolute atomic E-state index is 0.168. The highest BCUT2D eigenvalue weighted by Gasteiger charge is 2.13. The monoisotopic (exact) mass is 411 g/mol. The molecule has 29 heavy (non-hydrogen) atoms. The number of hydrogen-bond acceptors (Lipinski definition) is 4. The Morgan fingerprint density at radius 2 is 2.00 bits per heavy atom. The summed E-state index contributed by atoms with van der Waals surface area (Å²) >= 11 is 1.66. The van der Waals surface area contributed by atoms with Crippen LogP contribution in [-0.4, -0.2) is 36.1 Å². The Morgan fingerprint density at radius 3 is 2.79 bits per heavy atom. The fourth-order valence-electron chi connectivity index (χ4n) is 2.88. The maximum atomic E-state index is 12.7. The largest absolute Gasteiger partial charge is 0.382 e. The molecular formula is C22H25N3O3S. The third kappa shape index (κ3) is 6.04. The number of benzene rings is 1. The number of nitrogens with one attached hydrogen (secondary N) is 2. The zero-order valence-corrected chi connectivity index (χ0v) is 17.2. The topological polar surface area (TPSA) is 72.4 Å². The first-order valence-electron chi connectivity index (χ1n) is 9.62. The third-order valence-electron chi connectivity index (χ3n) is 4.31. The van der Waals surface area contributed by atoms with E-state index in [4.69, 9.17) is 4.74 Å². The van der Waals surface area contributed by atoms with Crippen molar-refractivity contribution in [2.24, 2.45) is 0 Å². The van der Waals surface area contributed by atoms with Crippen LogP contribution in [0.3, 0.4) is 0 Å². The Balaban J connectivity index is 1.59. The fourth-order valence-corrected chi connectivity index (χ4v) is 3.59. The highest BCUT2D eigenvalue weighted by atomic mass is 32.1. The standard InChI is InChI=1S/C22H25N3O3S/c1-2-28-13-6-11-23-21(26)17-7-3-8-18(15-17)24-22(27)20-10-4-12-25(20)16-19-9-5-14-29-19/h3-5,7-10,12,14-15H,2,6,11,13,16H2,1H3,(H,23,26)(H,24,27). The Hall–Kier alpha value is -2.90. The van der Waals surface area contributed by atoms with Crippen molar-refractivity contribution in [2.45, 2.75) is 19.9 Å². The molecule has 0 saturated carbocycles. The Bertz CT molecular complexity index is 934. The SMILES string of the molecule is CCOCCCNC(=O)c1cccc(NC(=O)c2cccn2Cc2cccs2)c1. The van der Waals surface area contributed by atoms with Crippen molar-refractivity contribution in [3.8, 4) is 0 Å². The van der Waals surface area contributed by atoms with Crippen LogP contribution in [0.4, 0.5) is 5.69 Å². The van der Waals surface area contributed by atoms with Gasteiger partial charge in [0.25, 0.3) is 11.8 Å². The van der Waals surface area contributed by atoms with Crippen molar-refractivity contribution in [3.05, 3.63) is 76.2 Å². The molecule has 0 aliphatic rings. The summed E-state index contributed by atoms with van der Waals surface area (Å²) in [4.78, 5) is 26.2. The lowest BCUT2D eigenvalue weighted by Gasteiger charge is -2.10. The zero-order valence-electron chi connectivity index (χ0n) is 16.4. The van der Waals surface area contributed by atoms with Gasteiger partial charge in [-0.1, -0.05) is 12.1 Å². The van der Waals surface area contributed by atoms with E-state index in [0.29, 0.717) is 43.2 Å². The molecule has 0 bridgehead atoms. The number of nitrogens with zero attached hydrogens (tertiary/aromatic N) is 1. The van der Waals surface area contributed by atoms with Crippen LogP contribution in [0.15, 0.2) is 60.1 Å². The molecule has 152 valence electrons. The number of rotatable bonds is 10. The molecule has 3 rings (SSSR count). The van der Waals surface area contributed by atoms with Crippen LogP contribution in [-0.2, 0) is 11.3 Å². The summed E-state index contributed by atoms with van der Waals surface area (Å²) in [5.74, 6) is -0.375. The van der Waals surface area contributed by atoms with E-state index in [1.165, 1.54) is 4.88 Å². The summed E-state index contributed by atoms with van der Waals surface area (Å²) in [6.45, 7) is 4.44. The van der Waals surface area contributed by atoms with Gasteiger partial charge in [0.15, 0.2) is 0 Å². The highest BCUT2D eigenvalue weighted by Crippen LogP contribution is 2.16. The van der Waals surface area contributed by atoms with Gasteiger partial charge in [-0.2, -0.15) is 0 Å². The number of carbonyl (C=O) groups is 2. The number of hydrogen-bond donors (Lipinski definition) is 2. The van der Waals surface area contributed by atoms with Crippen LogP contribution in [0.25, 0.3) is 0 Å². The molecule has 2 N–H and O–H groups in total. The van der Waals surface area contributed by atoms with E-state index in [2.05, 4.69) is 10.6 Å². The predicted octanol–water partition coefficient (Wildman–Crippen LogP) is 4.01. The molecule has 0 aliphatic heterocycles. The molecule has 0 radical (unpaired) electrons. The average Bonchev–Trinajstić information content (AvgIpc) is 3.40. The minimum atomic E-state index is -0.208. The summed E-state index contributed by atoms with van der Waals surface area (Å²) in [6, 6.07) is 14.6. The molecule has 6 nitrogen and oxygen atoms in total. The van der Waals surface area contributed by atoms with E-state index < -0.39 is 0 Å². The van der Waals surface area contributed by atoms with E-state index in [0.717, 1.165) is 6.42 Å². The van der Waals surface area contributed by atoms with Gasteiger partial charge >= 0.3 is 0 Å². The van der Waals surface area contributed by atoms with E-state index >= 15 is 0 Å². The van der Waals surface area contributed by atoms with Crippen LogP contribution in [0.2, 0.25) is 0 Å². The fraction of sp³-hybridized carbons (Fsp3) is 0.273. The van der Waals surface area contributed by atoms with Crippen LogP contribution in [0.5, 0.6) is 0 Å². The van der Waals surface area contributed by atoms with Gasteiger partial charge in [-0.15, -0.1) is 11.3 Å². The number of thiophene rings is 1. The van der Waals surface area contributed by atoms with Crippen LogP contribution in [0.1, 0.15) is 39.1 Å². The van der Waals surface area contributed by atoms with Crippen molar-refractivity contribution in [1.29, 1.82) is 0 Å². The normalized spacial score (nSPS) is 10.7. The first-order chi connectivity index (χ1) is 14.2. The molecule has 0 atom stereocenters. The van der Waals surface area contributed by atoms with Crippen molar-refractivity contribution in [3.63, 3.8) is 0 Å². The second-order valence-electron chi connectivity index (χ2n) is 6.44. The lowest BCUT2D eigenvalue weighted by molar-refractivity contribution is 0.0942. The summed E-state index contributed by atoms with van der Waals surface area (Å²) in [7, 11) is 0. The number of anilines is 1. The number of ether oxygens (including phenoxy) is 1. The maximum absolute atomic E-state index is 12.7. The number of aromatic nitrogens is 1. The van der Waals surface area contributed by atoms with Crippen molar-refractivity contribution >= 4 is 28.8 Å². The first-order valence-corrected chi connectivity index (χ1v) is 10.5. The zero-order chi connectivity index (χ0) is 20.5. The van der Waals surface area contributed by atoms with Gasteiger partial charge < -0.3 is 19.9 Å². The van der Waals surface area contributed by atoms with Gasteiger partial charge in [0.1, 0.15) is 5.69 Å². The van der Waals surface area contributed by atoms with E-state index in [-0.39, 0.29) is 11.8 Å². The molecule has 0 unspecified atom stereocenters. The minimum Gasteiger partial charge on any atom is -0.382 e. The Morgan fingerprint density at radius 1 is 1.10 bits per heavy atom. The molecule has 7 heteroatoms. The van der Waals surface area contributed by atoms with Gasteiger partial charge in [-0.3, -0.25) is 9.59 Å². The third-order valence-corrected chi connectivity index (χ3v) is 5.17. The van der Waals surface area contributed by atoms with E-state index in [9.17, 15) is 9.59 Å². The first kappa shape index (κ1) is 20.8. The lowest BCUT2D eigenvalue weighted by atomic mass is 10.2. The smallest absolute Gasteiger partial charge is 0.272 e. The van der Waals surface area contributed by atoms with Gasteiger partial charge in [-0.25, -0.2) is 0 Å². The molecule has 0 fully saturated rings. The second-order valence-corrected chi connectivity index (χ2v) is 7.47. The van der Waals surface area contributed by atoms with Crippen LogP contribution >= 0.6 is 11.3 Å². The second kappa shape index (κ2) is 10.6. The molecule has 0 saturated heterocycles. The quantitative estimate of drug-likeness (QED) is 0.495. The Labute approximate surface area is 174 Å². The van der Waals surface area contributed by atoms with Crippen LogP contribution < -0.4 is 10.6 Å². The van der Waals surface area contributed by atoms with Crippen LogP contribution in [0, 0.1) is 0 Å². The maximum Gasteiger partial charge on any atom is 0.272 e. The molecule has 2 heterocycles. The molecule has 2 aromatic heterocycles. The van der Waals surface area contributed by atoms with E-state index in [1.807, 2.05) is 41.3 Å². The molecule has 2 amide bonds. The van der Waals surface area contributed by atoms with Gasteiger partial charge in [0.05, 0.1) is 6.54 Å². The predicted molar refractivity (Wildman–Crippen MR) is 116 cm³/mol. The molecule has 0 aliphatic carbocycles. The highest BCUT2D eigenvalue weighted by molar-refractivity contribution is 7.09. The Kier molecular flexibility index (Phi) is 7.61. The van der Waals surface area contributed by atoms with Crippen molar-refractivity contribution < 1.29 is 14.3 Å². The van der Waals surface area contributed by atoms with Crippen molar-refractivity contribution in [2.75, 3.05) is 25.1 Å². The lowest BCUT2D eigenvalue weighted by Crippen LogP contribution is -2.25. The van der Waals surface area contributed by atoms with Gasteiger partial charge in [0.2, 0.25) is 0 Å². The summed E-state index contributed by atoms with van der Waals surface area (Å²) in [5.41, 5.74) is 1.66. The van der Waals surface area contributed by atoms with Crippen molar-refractivity contribution in [1.82, 2.24) is 9.88 Å². The molecule has 0 spiro atoms. The van der Waals surface area contributed by atoms with Gasteiger partial charge in [0, 0.05) is 42.1 Å². The summed E-state index contributed by atoms with van der Waals surface area (Å²) in [5, 5.41) is 7.77. The summed E-state index contributed by atoms with van der Waals surface area (Å²) in [6.07, 6.45) is 2.65. The average molecular weight is 412 g/mol. The summed E-state index contributed by atoms with van der Waals surface area (Å²) < 4.78 is 7.17. The van der Waals surface area contributed by atoms with Gasteiger partial charge in [-0.05, 0) is 55.1 Å². The number of carbonyl (C=O) groups excluding carboxylic acids is 2. The van der Waals surface area contributed by atoms with E-state index in [1.54, 1.807) is 41.7 Å². The molecule has 3 aromatic rings. The molecule has 1 aromatic carbocycles. The number of amides is 2.